The second-order valence-electron chi connectivity index (χ2n) is 4.83. The van der Waals surface area contributed by atoms with Crippen LogP contribution in [0.3, 0.4) is 0 Å². The molecule has 0 radical (unpaired) electrons. The van der Waals surface area contributed by atoms with Gasteiger partial charge in [-0.05, 0) is 42.9 Å². The Hall–Kier alpha value is -1.98. The van der Waals surface area contributed by atoms with Gasteiger partial charge in [0.05, 0.1) is 16.8 Å². The Morgan fingerprint density at radius 3 is 2.33 bits per heavy atom. The maximum Gasteiger partial charge on any atom is 0.266 e. The third kappa shape index (κ3) is 2.39. The maximum atomic E-state index is 12.4. The Kier molecular flexibility index (Phi) is 3.61. The SMILES string of the molecule is CNCc1ccc(N2C(=O)c3ccc(Br)cc3C2=O)cc1. The summed E-state index contributed by atoms with van der Waals surface area (Å²) in [5, 5.41) is 3.06. The lowest BCUT2D eigenvalue weighted by Crippen LogP contribution is -2.29. The summed E-state index contributed by atoms with van der Waals surface area (Å²) in [6.45, 7) is 0.745. The van der Waals surface area contributed by atoms with E-state index in [1.54, 1.807) is 30.3 Å². The number of hydrogen-bond acceptors (Lipinski definition) is 3. The molecule has 4 nitrogen and oxygen atoms in total. The van der Waals surface area contributed by atoms with Crippen LogP contribution in [0.5, 0.6) is 0 Å². The largest absolute Gasteiger partial charge is 0.316 e. The van der Waals surface area contributed by atoms with Gasteiger partial charge in [-0.15, -0.1) is 0 Å². The van der Waals surface area contributed by atoms with Gasteiger partial charge in [-0.1, -0.05) is 28.1 Å². The number of nitrogens with one attached hydrogen (secondary N) is 1. The van der Waals surface area contributed by atoms with Crippen molar-refractivity contribution in [1.82, 2.24) is 5.32 Å². The number of halogens is 1. The third-order valence-corrected chi connectivity index (χ3v) is 3.92. The van der Waals surface area contributed by atoms with Crippen molar-refractivity contribution < 1.29 is 9.59 Å². The summed E-state index contributed by atoms with van der Waals surface area (Å²) in [6, 6.07) is 12.5. The number of fused-ring (bicyclic) bond motifs is 1. The number of amides is 2. The molecule has 0 aliphatic carbocycles. The van der Waals surface area contributed by atoms with Crippen LogP contribution in [0, 0.1) is 0 Å². The number of rotatable bonds is 3. The molecule has 0 bridgehead atoms. The molecule has 0 saturated heterocycles. The molecule has 106 valence electrons. The summed E-state index contributed by atoms with van der Waals surface area (Å²) in [6.07, 6.45) is 0. The fraction of sp³-hybridized carbons (Fsp3) is 0.125. The van der Waals surface area contributed by atoms with E-state index in [4.69, 9.17) is 0 Å². The zero-order valence-electron chi connectivity index (χ0n) is 11.4. The highest BCUT2D eigenvalue weighted by Crippen LogP contribution is 2.30. The zero-order valence-corrected chi connectivity index (χ0v) is 13.0. The second-order valence-corrected chi connectivity index (χ2v) is 5.75. The molecule has 1 aliphatic heterocycles. The van der Waals surface area contributed by atoms with Crippen LogP contribution < -0.4 is 10.2 Å². The van der Waals surface area contributed by atoms with Crippen molar-refractivity contribution in [3.05, 3.63) is 63.6 Å². The Balaban J connectivity index is 1.97. The summed E-state index contributed by atoms with van der Waals surface area (Å²) in [5.41, 5.74) is 2.58. The topological polar surface area (TPSA) is 49.4 Å². The first kappa shape index (κ1) is 14.0. The van der Waals surface area contributed by atoms with Crippen LogP contribution in [0.25, 0.3) is 0 Å². The monoisotopic (exact) mass is 344 g/mol. The normalized spacial score (nSPS) is 13.7. The number of carbonyl (C=O) groups is 2. The number of nitrogens with zero attached hydrogens (tertiary/aromatic N) is 1. The van der Waals surface area contributed by atoms with Crippen molar-refractivity contribution in [3.8, 4) is 0 Å². The van der Waals surface area contributed by atoms with Gasteiger partial charge in [0.15, 0.2) is 0 Å². The van der Waals surface area contributed by atoms with E-state index < -0.39 is 0 Å². The number of benzene rings is 2. The highest BCUT2D eigenvalue weighted by Gasteiger charge is 2.36. The van der Waals surface area contributed by atoms with Crippen molar-refractivity contribution in [2.75, 3.05) is 11.9 Å². The van der Waals surface area contributed by atoms with Gasteiger partial charge in [0.25, 0.3) is 11.8 Å². The molecule has 2 aromatic rings. The van der Waals surface area contributed by atoms with Gasteiger partial charge >= 0.3 is 0 Å². The van der Waals surface area contributed by atoms with E-state index in [1.807, 2.05) is 19.2 Å². The molecule has 5 heteroatoms. The first-order valence-corrected chi connectivity index (χ1v) is 7.33. The summed E-state index contributed by atoms with van der Waals surface area (Å²) in [7, 11) is 1.87. The lowest BCUT2D eigenvalue weighted by Gasteiger charge is -2.14. The number of imide groups is 1. The Morgan fingerprint density at radius 2 is 1.67 bits per heavy atom. The quantitative estimate of drug-likeness (QED) is 0.871. The van der Waals surface area contributed by atoms with Crippen molar-refractivity contribution in [1.29, 1.82) is 0 Å². The minimum atomic E-state index is -0.280. The molecule has 1 aliphatic rings. The van der Waals surface area contributed by atoms with E-state index >= 15 is 0 Å². The fourth-order valence-electron chi connectivity index (χ4n) is 2.41. The first-order valence-electron chi connectivity index (χ1n) is 6.53. The smallest absolute Gasteiger partial charge is 0.266 e. The van der Waals surface area contributed by atoms with E-state index in [2.05, 4.69) is 21.2 Å². The summed E-state index contributed by atoms with van der Waals surface area (Å²) < 4.78 is 0.786. The minimum absolute atomic E-state index is 0.274. The van der Waals surface area contributed by atoms with Crippen LogP contribution >= 0.6 is 15.9 Å². The predicted molar refractivity (Wildman–Crippen MR) is 84.5 cm³/mol. The van der Waals surface area contributed by atoms with Gasteiger partial charge in [0, 0.05) is 11.0 Å². The van der Waals surface area contributed by atoms with Crippen LogP contribution in [-0.4, -0.2) is 18.9 Å². The van der Waals surface area contributed by atoms with E-state index in [0.29, 0.717) is 16.8 Å². The Labute approximate surface area is 130 Å². The molecule has 0 aromatic heterocycles. The summed E-state index contributed by atoms with van der Waals surface area (Å²) in [4.78, 5) is 26.1. The standard InChI is InChI=1S/C16H13BrN2O2/c1-18-9-10-2-5-12(6-3-10)19-15(20)13-7-4-11(17)8-14(13)16(19)21/h2-8,18H,9H2,1H3. The van der Waals surface area contributed by atoms with Crippen LogP contribution in [0.2, 0.25) is 0 Å². The van der Waals surface area contributed by atoms with Crippen molar-refractivity contribution in [2.45, 2.75) is 6.54 Å². The number of anilines is 1. The van der Waals surface area contributed by atoms with Crippen LogP contribution in [0.1, 0.15) is 26.3 Å². The maximum absolute atomic E-state index is 12.4. The van der Waals surface area contributed by atoms with Gasteiger partial charge < -0.3 is 5.32 Å². The molecule has 1 heterocycles. The zero-order chi connectivity index (χ0) is 15.0. The molecule has 0 fully saturated rings. The van der Waals surface area contributed by atoms with Crippen molar-refractivity contribution in [2.24, 2.45) is 0 Å². The van der Waals surface area contributed by atoms with Crippen LogP contribution in [-0.2, 0) is 6.54 Å². The summed E-state index contributed by atoms with van der Waals surface area (Å²) in [5.74, 6) is -0.554. The third-order valence-electron chi connectivity index (χ3n) is 3.42. The first-order chi connectivity index (χ1) is 10.1. The predicted octanol–water partition coefficient (Wildman–Crippen LogP) is 2.97. The molecular weight excluding hydrogens is 332 g/mol. The van der Waals surface area contributed by atoms with Crippen molar-refractivity contribution >= 4 is 33.4 Å². The lowest BCUT2D eigenvalue weighted by molar-refractivity contribution is 0.0926. The highest BCUT2D eigenvalue weighted by molar-refractivity contribution is 9.10. The van der Waals surface area contributed by atoms with E-state index in [1.165, 1.54) is 4.90 Å². The van der Waals surface area contributed by atoms with Gasteiger partial charge in [-0.3, -0.25) is 9.59 Å². The molecule has 2 amide bonds. The Bertz CT molecular complexity index is 726. The van der Waals surface area contributed by atoms with Gasteiger partial charge in [-0.2, -0.15) is 0 Å². The van der Waals surface area contributed by atoms with Crippen LogP contribution in [0.15, 0.2) is 46.9 Å². The van der Waals surface area contributed by atoms with E-state index in [9.17, 15) is 9.59 Å². The molecule has 2 aromatic carbocycles. The molecule has 1 N–H and O–H groups in total. The fourth-order valence-corrected chi connectivity index (χ4v) is 2.78. The van der Waals surface area contributed by atoms with Gasteiger partial charge in [-0.25, -0.2) is 4.90 Å². The molecule has 0 atom stereocenters. The van der Waals surface area contributed by atoms with E-state index in [-0.39, 0.29) is 11.8 Å². The lowest BCUT2D eigenvalue weighted by atomic mass is 10.1. The van der Waals surface area contributed by atoms with E-state index in [0.717, 1.165) is 16.6 Å². The van der Waals surface area contributed by atoms with Crippen LogP contribution in [0.4, 0.5) is 5.69 Å². The van der Waals surface area contributed by atoms with Gasteiger partial charge in [0.2, 0.25) is 0 Å². The highest BCUT2D eigenvalue weighted by atomic mass is 79.9. The molecule has 0 saturated carbocycles. The number of hydrogen-bond donors (Lipinski definition) is 1. The second kappa shape index (κ2) is 5.42. The van der Waals surface area contributed by atoms with Gasteiger partial charge in [0.1, 0.15) is 0 Å². The molecule has 21 heavy (non-hydrogen) atoms. The van der Waals surface area contributed by atoms with Crippen molar-refractivity contribution in [3.63, 3.8) is 0 Å². The average Bonchev–Trinajstić information content (AvgIpc) is 2.72. The Morgan fingerprint density at radius 1 is 1.00 bits per heavy atom. The molecule has 0 unspecified atom stereocenters. The molecule has 0 spiro atoms. The summed E-state index contributed by atoms with van der Waals surface area (Å²) >= 11 is 3.33. The molecular formula is C16H13BrN2O2. The minimum Gasteiger partial charge on any atom is -0.316 e. The average molecular weight is 345 g/mol. The molecule has 3 rings (SSSR count). The number of carbonyl (C=O) groups excluding carboxylic acids is 2.